The molecule has 1 saturated carbocycles. The van der Waals surface area contributed by atoms with Crippen LogP contribution in [-0.4, -0.2) is 15.7 Å². The molecule has 6 heteroatoms. The van der Waals surface area contributed by atoms with Crippen molar-refractivity contribution in [3.05, 3.63) is 74.9 Å². The number of carbonyl (C=O) groups excluding carboxylic acids is 1. The fourth-order valence-corrected chi connectivity index (χ4v) is 3.83. The third kappa shape index (κ3) is 3.55. The second-order valence-corrected chi connectivity index (χ2v) is 7.82. The van der Waals surface area contributed by atoms with E-state index < -0.39 is 0 Å². The molecule has 0 atom stereocenters. The van der Waals surface area contributed by atoms with Gasteiger partial charge >= 0.3 is 0 Å². The van der Waals surface area contributed by atoms with Crippen molar-refractivity contribution in [1.82, 2.24) is 9.78 Å². The normalized spacial score (nSPS) is 13.7. The van der Waals surface area contributed by atoms with Gasteiger partial charge in [-0.05, 0) is 65.2 Å². The standard InChI is InChI=1S/C19H15Br2N3O/c20-13-8-9-16(15(21)10-13)22-19(25)18-11-17(12-6-7-12)23-24(18)14-4-2-1-3-5-14/h1-5,8-12H,6-7H2,(H,22,25). The molecule has 2 aromatic carbocycles. The number of para-hydroxylation sites is 1. The number of amides is 1. The van der Waals surface area contributed by atoms with Crippen LogP contribution >= 0.6 is 31.9 Å². The molecule has 1 aliphatic rings. The minimum absolute atomic E-state index is 0.175. The van der Waals surface area contributed by atoms with Crippen LogP contribution in [0.3, 0.4) is 0 Å². The monoisotopic (exact) mass is 459 g/mol. The van der Waals surface area contributed by atoms with E-state index in [0.29, 0.717) is 11.6 Å². The predicted molar refractivity (Wildman–Crippen MR) is 105 cm³/mol. The minimum atomic E-state index is -0.175. The first-order valence-electron chi connectivity index (χ1n) is 8.03. The molecule has 4 rings (SSSR count). The van der Waals surface area contributed by atoms with Crippen LogP contribution in [0.4, 0.5) is 5.69 Å². The Balaban J connectivity index is 1.69. The van der Waals surface area contributed by atoms with Crippen molar-refractivity contribution in [2.24, 2.45) is 0 Å². The SMILES string of the molecule is O=C(Nc1ccc(Br)cc1Br)c1cc(C2CC2)nn1-c1ccccc1. The molecular weight excluding hydrogens is 446 g/mol. The smallest absolute Gasteiger partial charge is 0.274 e. The lowest BCUT2D eigenvalue weighted by atomic mass is 10.2. The summed E-state index contributed by atoms with van der Waals surface area (Å²) < 4.78 is 3.50. The van der Waals surface area contributed by atoms with Crippen molar-refractivity contribution < 1.29 is 4.79 Å². The second-order valence-electron chi connectivity index (χ2n) is 6.05. The molecule has 4 nitrogen and oxygen atoms in total. The highest BCUT2D eigenvalue weighted by Gasteiger charge is 2.29. The van der Waals surface area contributed by atoms with Gasteiger partial charge in [0, 0.05) is 14.9 Å². The molecule has 0 unspecified atom stereocenters. The lowest BCUT2D eigenvalue weighted by Crippen LogP contribution is -2.17. The lowest BCUT2D eigenvalue weighted by molar-refractivity contribution is 0.101. The first-order chi connectivity index (χ1) is 12.1. The van der Waals surface area contributed by atoms with Crippen LogP contribution in [0.25, 0.3) is 5.69 Å². The van der Waals surface area contributed by atoms with Crippen molar-refractivity contribution in [1.29, 1.82) is 0 Å². The van der Waals surface area contributed by atoms with Crippen molar-refractivity contribution in [2.45, 2.75) is 18.8 Å². The van der Waals surface area contributed by atoms with Gasteiger partial charge in [0.2, 0.25) is 0 Å². The number of anilines is 1. The van der Waals surface area contributed by atoms with Crippen LogP contribution in [0, 0.1) is 0 Å². The third-order valence-electron chi connectivity index (χ3n) is 4.14. The van der Waals surface area contributed by atoms with E-state index in [2.05, 4.69) is 42.3 Å². The fourth-order valence-electron chi connectivity index (χ4n) is 2.68. The van der Waals surface area contributed by atoms with Gasteiger partial charge in [-0.15, -0.1) is 0 Å². The second kappa shape index (κ2) is 6.77. The summed E-state index contributed by atoms with van der Waals surface area (Å²) in [5.74, 6) is 0.308. The van der Waals surface area contributed by atoms with E-state index in [4.69, 9.17) is 0 Å². The zero-order valence-electron chi connectivity index (χ0n) is 13.2. The molecule has 1 fully saturated rings. The van der Waals surface area contributed by atoms with E-state index in [1.54, 1.807) is 4.68 Å². The lowest BCUT2D eigenvalue weighted by Gasteiger charge is -2.10. The summed E-state index contributed by atoms with van der Waals surface area (Å²) in [6.45, 7) is 0. The van der Waals surface area contributed by atoms with E-state index in [-0.39, 0.29) is 5.91 Å². The molecule has 1 aliphatic carbocycles. The van der Waals surface area contributed by atoms with E-state index >= 15 is 0 Å². The summed E-state index contributed by atoms with van der Waals surface area (Å²) in [5.41, 5.74) is 3.14. The number of hydrogen-bond acceptors (Lipinski definition) is 2. The average molecular weight is 461 g/mol. The zero-order chi connectivity index (χ0) is 17.4. The van der Waals surface area contributed by atoms with Crippen LogP contribution in [0.2, 0.25) is 0 Å². The van der Waals surface area contributed by atoms with Gasteiger partial charge in [0.15, 0.2) is 0 Å². The number of nitrogens with one attached hydrogen (secondary N) is 1. The van der Waals surface area contributed by atoms with Gasteiger partial charge in [0.05, 0.1) is 17.1 Å². The number of aromatic nitrogens is 2. The molecule has 0 bridgehead atoms. The summed E-state index contributed by atoms with van der Waals surface area (Å²) in [5, 5.41) is 7.65. The molecule has 0 saturated heterocycles. The molecular formula is C19H15Br2N3O. The van der Waals surface area contributed by atoms with Crippen LogP contribution in [0.5, 0.6) is 0 Å². The van der Waals surface area contributed by atoms with Crippen molar-refractivity contribution >= 4 is 43.5 Å². The van der Waals surface area contributed by atoms with Crippen molar-refractivity contribution in [3.8, 4) is 5.69 Å². The Morgan fingerprint density at radius 1 is 1.08 bits per heavy atom. The van der Waals surface area contributed by atoms with E-state index in [0.717, 1.165) is 38.9 Å². The summed E-state index contributed by atoms with van der Waals surface area (Å²) in [6.07, 6.45) is 2.29. The molecule has 1 heterocycles. The first-order valence-corrected chi connectivity index (χ1v) is 9.62. The summed E-state index contributed by atoms with van der Waals surface area (Å²) in [7, 11) is 0. The minimum Gasteiger partial charge on any atom is -0.320 e. The fraction of sp³-hybridized carbons (Fsp3) is 0.158. The topological polar surface area (TPSA) is 46.9 Å². The third-order valence-corrected chi connectivity index (χ3v) is 5.29. The molecule has 0 radical (unpaired) electrons. The molecule has 0 spiro atoms. The highest BCUT2D eigenvalue weighted by atomic mass is 79.9. The van der Waals surface area contributed by atoms with E-state index in [1.807, 2.05) is 54.6 Å². The van der Waals surface area contributed by atoms with Crippen LogP contribution in [-0.2, 0) is 0 Å². The number of hydrogen-bond donors (Lipinski definition) is 1. The molecule has 25 heavy (non-hydrogen) atoms. The molecule has 126 valence electrons. The van der Waals surface area contributed by atoms with Gasteiger partial charge in [-0.3, -0.25) is 4.79 Å². The van der Waals surface area contributed by atoms with Gasteiger partial charge in [-0.2, -0.15) is 5.10 Å². The van der Waals surface area contributed by atoms with Gasteiger partial charge in [-0.25, -0.2) is 4.68 Å². The maximum Gasteiger partial charge on any atom is 0.274 e. The maximum absolute atomic E-state index is 12.9. The summed E-state index contributed by atoms with van der Waals surface area (Å²) in [6, 6.07) is 17.3. The van der Waals surface area contributed by atoms with Crippen LogP contribution < -0.4 is 5.32 Å². The Kier molecular flexibility index (Phi) is 4.48. The predicted octanol–water partition coefficient (Wildman–Crippen LogP) is 5.53. The highest BCUT2D eigenvalue weighted by molar-refractivity contribution is 9.11. The number of benzene rings is 2. The highest BCUT2D eigenvalue weighted by Crippen LogP contribution is 2.40. The van der Waals surface area contributed by atoms with Crippen molar-refractivity contribution in [2.75, 3.05) is 5.32 Å². The van der Waals surface area contributed by atoms with Gasteiger partial charge in [0.1, 0.15) is 5.69 Å². The number of carbonyl (C=O) groups is 1. The maximum atomic E-state index is 12.9. The molecule has 0 aliphatic heterocycles. The Bertz CT molecular complexity index is 933. The van der Waals surface area contributed by atoms with Crippen molar-refractivity contribution in [3.63, 3.8) is 0 Å². The zero-order valence-corrected chi connectivity index (χ0v) is 16.4. The van der Waals surface area contributed by atoms with Crippen LogP contribution in [0.15, 0.2) is 63.5 Å². The Hall–Kier alpha value is -1.92. The molecule has 3 aromatic rings. The quantitative estimate of drug-likeness (QED) is 0.556. The number of nitrogens with zero attached hydrogens (tertiary/aromatic N) is 2. The Morgan fingerprint density at radius 2 is 1.84 bits per heavy atom. The summed E-state index contributed by atoms with van der Waals surface area (Å²) >= 11 is 6.90. The Morgan fingerprint density at radius 3 is 2.52 bits per heavy atom. The van der Waals surface area contributed by atoms with E-state index in [1.165, 1.54) is 0 Å². The molecule has 1 aromatic heterocycles. The molecule has 1 N–H and O–H groups in total. The largest absolute Gasteiger partial charge is 0.320 e. The van der Waals surface area contributed by atoms with Crippen LogP contribution in [0.1, 0.15) is 34.9 Å². The Labute approximate surface area is 162 Å². The number of halogens is 2. The van der Waals surface area contributed by atoms with Gasteiger partial charge < -0.3 is 5.32 Å². The first kappa shape index (κ1) is 16.5. The van der Waals surface area contributed by atoms with E-state index in [9.17, 15) is 4.79 Å². The number of rotatable bonds is 4. The molecule has 1 amide bonds. The average Bonchev–Trinajstić information content (AvgIpc) is 3.36. The van der Waals surface area contributed by atoms with Gasteiger partial charge in [0.25, 0.3) is 5.91 Å². The van der Waals surface area contributed by atoms with Gasteiger partial charge in [-0.1, -0.05) is 34.1 Å². The summed E-state index contributed by atoms with van der Waals surface area (Å²) in [4.78, 5) is 12.9.